The smallest absolute Gasteiger partial charge is 0.277 e. The van der Waals surface area contributed by atoms with Crippen molar-refractivity contribution in [1.29, 1.82) is 0 Å². The molecule has 0 saturated heterocycles. The Morgan fingerprint density at radius 3 is 2.40 bits per heavy atom. The predicted molar refractivity (Wildman–Crippen MR) is 51.3 cm³/mol. The summed E-state index contributed by atoms with van der Waals surface area (Å²) in [5.41, 5.74) is 0. The molecule has 10 heavy (non-hydrogen) atoms. The Kier molecular flexibility index (Phi) is 6.43. The molecule has 0 amide bonds. The molecule has 0 fully saturated rings. The van der Waals surface area contributed by atoms with E-state index < -0.39 is 5.05 Å². The molecule has 0 aromatic carbocycles. The molecule has 0 saturated carbocycles. The highest BCUT2D eigenvalue weighted by Crippen LogP contribution is 2.67. The molecule has 0 spiro atoms. The lowest BCUT2D eigenvalue weighted by molar-refractivity contribution is 0.600. The Bertz CT molecular complexity index is 125. The van der Waals surface area contributed by atoms with Crippen LogP contribution in [0.1, 0.15) is 26.2 Å². The Hall–Kier alpha value is 1.16. The maximum absolute atomic E-state index is 10.7. The summed E-state index contributed by atoms with van der Waals surface area (Å²) in [5, 5.41) is -2.84. The van der Waals surface area contributed by atoms with Crippen LogP contribution in [0.15, 0.2) is 0 Å². The number of halogens is 2. The van der Waals surface area contributed by atoms with Gasteiger partial charge in [0.1, 0.15) is 0 Å². The fourth-order valence-electron chi connectivity index (χ4n) is 0.523. The lowest BCUT2D eigenvalue weighted by atomic mass is 10.3. The first-order valence-electron chi connectivity index (χ1n) is 3.20. The lowest BCUT2D eigenvalue weighted by Crippen LogP contribution is -1.75. The first-order valence-corrected chi connectivity index (χ1v) is 8.31. The van der Waals surface area contributed by atoms with E-state index in [1.54, 1.807) is 0 Å². The Morgan fingerprint density at radius 2 is 2.00 bits per heavy atom. The van der Waals surface area contributed by atoms with Crippen LogP contribution in [0.4, 0.5) is 0 Å². The van der Waals surface area contributed by atoms with Crippen LogP contribution >= 0.6 is 38.9 Å². The minimum absolute atomic E-state index is 0.804. The molecule has 5 heteroatoms. The summed E-state index contributed by atoms with van der Waals surface area (Å²) in [6.07, 6.45) is 3.36. The maximum atomic E-state index is 10.7. The van der Waals surface area contributed by atoms with Crippen LogP contribution in [0.3, 0.4) is 0 Å². The zero-order valence-corrected chi connectivity index (χ0v) is 9.07. The number of unbranched alkanes of at least 4 members (excludes halogenated alkanes) is 2. The van der Waals surface area contributed by atoms with Gasteiger partial charge in [0.25, 0.3) is 0 Å². The molecule has 0 atom stereocenters. The second kappa shape index (κ2) is 5.77. The van der Waals surface area contributed by atoms with Crippen molar-refractivity contribution in [3.8, 4) is 0 Å². The predicted octanol–water partition coefficient (Wildman–Crippen LogP) is 4.50. The summed E-state index contributed by atoms with van der Waals surface area (Å²) >= 11 is 11.8. The van der Waals surface area contributed by atoms with E-state index >= 15 is 0 Å². The van der Waals surface area contributed by atoms with Gasteiger partial charge in [-0.15, -0.1) is 0 Å². The van der Waals surface area contributed by atoms with Gasteiger partial charge in [-0.05, 0) is 28.9 Å². The summed E-state index contributed by atoms with van der Waals surface area (Å²) < 4.78 is 10.7. The van der Waals surface area contributed by atoms with E-state index in [9.17, 15) is 4.57 Å². The fourth-order valence-corrected chi connectivity index (χ4v) is 3.34. The standard InChI is InChI=1S/C5H11Cl2OPS/c1-2-3-4-5-10-9(6,7)8/h2-5H2,1H3. The molecule has 0 rings (SSSR count). The quantitative estimate of drug-likeness (QED) is 0.502. The van der Waals surface area contributed by atoms with Gasteiger partial charge in [-0.3, -0.25) is 4.57 Å². The minimum atomic E-state index is -2.84. The van der Waals surface area contributed by atoms with Gasteiger partial charge in [-0.1, -0.05) is 31.1 Å². The Morgan fingerprint density at radius 1 is 1.40 bits per heavy atom. The second-order valence-corrected chi connectivity index (χ2v) is 10.3. The largest absolute Gasteiger partial charge is 0.307 e. The zero-order chi connectivity index (χ0) is 8.04. The van der Waals surface area contributed by atoms with Crippen molar-refractivity contribution in [1.82, 2.24) is 0 Å². The third-order valence-electron chi connectivity index (χ3n) is 0.989. The molecule has 0 unspecified atom stereocenters. The van der Waals surface area contributed by atoms with E-state index in [4.69, 9.17) is 22.5 Å². The fraction of sp³-hybridized carbons (Fsp3) is 1.00. The summed E-state index contributed by atoms with van der Waals surface area (Å²) in [5.74, 6) is 0.804. The third-order valence-corrected chi connectivity index (χ3v) is 4.97. The highest BCUT2D eigenvalue weighted by atomic mass is 35.9. The molecule has 0 aromatic rings. The third kappa shape index (κ3) is 9.16. The molecular formula is C5H11Cl2OPS. The maximum Gasteiger partial charge on any atom is 0.307 e. The average molecular weight is 221 g/mol. The van der Waals surface area contributed by atoms with Gasteiger partial charge < -0.3 is 0 Å². The highest BCUT2D eigenvalue weighted by Gasteiger charge is 2.12. The van der Waals surface area contributed by atoms with Crippen molar-refractivity contribution in [3.05, 3.63) is 0 Å². The van der Waals surface area contributed by atoms with Crippen molar-refractivity contribution in [2.45, 2.75) is 26.2 Å². The highest BCUT2D eigenvalue weighted by molar-refractivity contribution is 8.72. The van der Waals surface area contributed by atoms with Crippen molar-refractivity contribution in [3.63, 3.8) is 0 Å². The van der Waals surface area contributed by atoms with Gasteiger partial charge in [0.05, 0.1) is 0 Å². The Labute approximate surface area is 75.6 Å². The van der Waals surface area contributed by atoms with Crippen LogP contribution in [-0.4, -0.2) is 5.75 Å². The molecule has 0 aliphatic heterocycles. The summed E-state index contributed by atoms with van der Waals surface area (Å²) in [7, 11) is 0. The van der Waals surface area contributed by atoms with Gasteiger partial charge in [-0.25, -0.2) is 0 Å². The van der Waals surface area contributed by atoms with E-state index in [-0.39, 0.29) is 0 Å². The van der Waals surface area contributed by atoms with E-state index in [1.807, 2.05) is 0 Å². The number of hydrogen-bond acceptors (Lipinski definition) is 2. The van der Waals surface area contributed by atoms with Crippen LogP contribution in [0.2, 0.25) is 0 Å². The van der Waals surface area contributed by atoms with Gasteiger partial charge in [-0.2, -0.15) is 0 Å². The van der Waals surface area contributed by atoms with Crippen molar-refractivity contribution >= 4 is 38.9 Å². The first kappa shape index (κ1) is 11.2. The first-order chi connectivity index (χ1) is 4.56. The van der Waals surface area contributed by atoms with Crippen LogP contribution in [0, 0.1) is 0 Å². The van der Waals surface area contributed by atoms with Crippen LogP contribution < -0.4 is 0 Å². The minimum Gasteiger partial charge on any atom is -0.277 e. The molecule has 0 aliphatic carbocycles. The van der Waals surface area contributed by atoms with Gasteiger partial charge in [0.15, 0.2) is 0 Å². The van der Waals surface area contributed by atoms with Gasteiger partial charge in [0.2, 0.25) is 0 Å². The monoisotopic (exact) mass is 220 g/mol. The number of rotatable bonds is 5. The molecular weight excluding hydrogens is 210 g/mol. The van der Waals surface area contributed by atoms with E-state index in [0.717, 1.165) is 36.4 Å². The van der Waals surface area contributed by atoms with E-state index in [0.29, 0.717) is 0 Å². The van der Waals surface area contributed by atoms with Crippen molar-refractivity contribution in [2.24, 2.45) is 0 Å². The molecule has 0 aliphatic rings. The molecule has 0 bridgehead atoms. The molecule has 0 heterocycles. The van der Waals surface area contributed by atoms with Crippen LogP contribution in [-0.2, 0) is 4.57 Å². The molecule has 0 aromatic heterocycles. The SMILES string of the molecule is CCCCCSP(=O)(Cl)Cl. The normalized spacial score (nSPS) is 11.9. The summed E-state index contributed by atoms with van der Waals surface area (Å²) in [6.45, 7) is 2.12. The zero-order valence-electron chi connectivity index (χ0n) is 5.85. The van der Waals surface area contributed by atoms with E-state index in [1.165, 1.54) is 0 Å². The molecule has 1 nitrogen and oxygen atoms in total. The lowest BCUT2D eigenvalue weighted by Gasteiger charge is -1.99. The van der Waals surface area contributed by atoms with Crippen molar-refractivity contribution in [2.75, 3.05) is 5.75 Å². The summed E-state index contributed by atoms with van der Waals surface area (Å²) in [6, 6.07) is 0. The van der Waals surface area contributed by atoms with E-state index in [2.05, 4.69) is 6.92 Å². The molecule has 0 radical (unpaired) electrons. The Balaban J connectivity index is 3.13. The topological polar surface area (TPSA) is 17.1 Å². The second-order valence-electron chi connectivity index (χ2n) is 1.95. The van der Waals surface area contributed by atoms with Crippen LogP contribution in [0.25, 0.3) is 0 Å². The van der Waals surface area contributed by atoms with Gasteiger partial charge in [0, 0.05) is 5.75 Å². The van der Waals surface area contributed by atoms with Crippen molar-refractivity contribution < 1.29 is 4.57 Å². The molecule has 62 valence electrons. The average Bonchev–Trinajstić information content (AvgIpc) is 1.78. The van der Waals surface area contributed by atoms with Gasteiger partial charge >= 0.3 is 5.05 Å². The molecule has 0 N–H and O–H groups in total. The summed E-state index contributed by atoms with van der Waals surface area (Å²) in [4.78, 5) is 0. The number of hydrogen-bond donors (Lipinski definition) is 0. The van der Waals surface area contributed by atoms with Crippen LogP contribution in [0.5, 0.6) is 0 Å².